The number of aromatic amines is 1. The van der Waals surface area contributed by atoms with E-state index in [0.29, 0.717) is 10.3 Å². The number of aromatic hydroxyl groups is 1. The first-order valence-electron chi connectivity index (χ1n) is 4.90. The second kappa shape index (κ2) is 3.81. The van der Waals surface area contributed by atoms with Crippen LogP contribution in [0.5, 0.6) is 5.75 Å². The number of rotatable bonds is 1. The van der Waals surface area contributed by atoms with Crippen molar-refractivity contribution in [1.29, 1.82) is 0 Å². The lowest BCUT2D eigenvalue weighted by Crippen LogP contribution is -1.90. The maximum Gasteiger partial charge on any atom is 0.197 e. The van der Waals surface area contributed by atoms with Gasteiger partial charge in [-0.3, -0.25) is 5.10 Å². The maximum absolute atomic E-state index is 9.78. The molecule has 2 heterocycles. The Bertz CT molecular complexity index is 681. The van der Waals surface area contributed by atoms with E-state index in [4.69, 9.17) is 0 Å². The van der Waals surface area contributed by atoms with Gasteiger partial charge in [0.2, 0.25) is 0 Å². The van der Waals surface area contributed by atoms with Crippen LogP contribution in [-0.4, -0.2) is 25.3 Å². The van der Waals surface area contributed by atoms with Crippen molar-refractivity contribution >= 4 is 26.8 Å². The van der Waals surface area contributed by atoms with Crippen LogP contribution in [0.15, 0.2) is 35.3 Å². The van der Waals surface area contributed by atoms with Crippen molar-refractivity contribution in [3.63, 3.8) is 0 Å². The highest BCUT2D eigenvalue weighted by Crippen LogP contribution is 2.30. The molecule has 1 aromatic carbocycles. The Morgan fingerprint density at radius 3 is 2.88 bits per heavy atom. The molecule has 0 spiro atoms. The molecule has 0 aliphatic carbocycles. The normalized spacial score (nSPS) is 10.9. The highest BCUT2D eigenvalue weighted by atomic mass is 79.9. The third-order valence-corrected chi connectivity index (χ3v) is 2.80. The predicted octanol–water partition coefficient (Wildman–Crippen LogP) is 2.49. The van der Waals surface area contributed by atoms with Gasteiger partial charge in [-0.15, -0.1) is 0 Å². The summed E-state index contributed by atoms with van der Waals surface area (Å²) in [4.78, 5) is 8.49. The van der Waals surface area contributed by atoms with E-state index in [1.165, 1.54) is 0 Å². The van der Waals surface area contributed by atoms with E-state index in [0.717, 1.165) is 16.6 Å². The summed E-state index contributed by atoms with van der Waals surface area (Å²) < 4.78 is 0.433. The van der Waals surface area contributed by atoms with E-state index in [-0.39, 0.29) is 5.75 Å². The Labute approximate surface area is 105 Å². The quantitative estimate of drug-likeness (QED) is 0.675. The van der Waals surface area contributed by atoms with Crippen LogP contribution < -0.4 is 0 Å². The lowest BCUT2D eigenvalue weighted by atomic mass is 10.1. The molecule has 0 amide bonds. The second-order valence-electron chi connectivity index (χ2n) is 3.50. The number of fused-ring (bicyclic) bond motifs is 1. The lowest BCUT2D eigenvalue weighted by Gasteiger charge is -2.05. The minimum Gasteiger partial charge on any atom is -0.506 e. The Hall–Kier alpha value is -1.95. The number of benzene rings is 1. The third kappa shape index (κ3) is 1.66. The van der Waals surface area contributed by atoms with Crippen LogP contribution in [0.2, 0.25) is 0 Å². The van der Waals surface area contributed by atoms with Gasteiger partial charge in [0.1, 0.15) is 11.3 Å². The molecule has 0 aliphatic rings. The summed E-state index contributed by atoms with van der Waals surface area (Å²) in [6, 6.07) is 5.23. The van der Waals surface area contributed by atoms with Crippen LogP contribution in [-0.2, 0) is 0 Å². The fourth-order valence-corrected chi connectivity index (χ4v) is 2.06. The standard InChI is InChI=1S/C11H7BrN4O/c12-11-15-9(6-4-13-14-5-6)7-2-1-3-8(17)10(7)16-11/h1-5,17H,(H,13,14). The highest BCUT2D eigenvalue weighted by molar-refractivity contribution is 9.10. The summed E-state index contributed by atoms with van der Waals surface area (Å²) >= 11 is 3.24. The van der Waals surface area contributed by atoms with Gasteiger partial charge in [0.05, 0.1) is 11.9 Å². The summed E-state index contributed by atoms with van der Waals surface area (Å²) in [7, 11) is 0. The van der Waals surface area contributed by atoms with Crippen molar-refractivity contribution in [3.8, 4) is 17.0 Å². The van der Waals surface area contributed by atoms with Crippen molar-refractivity contribution in [2.45, 2.75) is 0 Å². The van der Waals surface area contributed by atoms with Crippen LogP contribution >= 0.6 is 15.9 Å². The summed E-state index contributed by atoms with van der Waals surface area (Å²) in [5, 5.41) is 17.2. The first kappa shape index (κ1) is 10.2. The van der Waals surface area contributed by atoms with Gasteiger partial charge >= 0.3 is 0 Å². The molecule has 0 bridgehead atoms. The number of para-hydroxylation sites is 1. The molecule has 0 fully saturated rings. The van der Waals surface area contributed by atoms with E-state index in [2.05, 4.69) is 36.1 Å². The van der Waals surface area contributed by atoms with Crippen molar-refractivity contribution in [2.75, 3.05) is 0 Å². The first-order chi connectivity index (χ1) is 8.25. The van der Waals surface area contributed by atoms with E-state index in [9.17, 15) is 5.11 Å². The number of hydrogen-bond acceptors (Lipinski definition) is 4. The molecular formula is C11H7BrN4O. The Balaban J connectivity index is 2.42. The van der Waals surface area contributed by atoms with Crippen LogP contribution in [0.25, 0.3) is 22.2 Å². The largest absolute Gasteiger partial charge is 0.506 e. The Kier molecular flexibility index (Phi) is 2.29. The van der Waals surface area contributed by atoms with Crippen LogP contribution in [0.4, 0.5) is 0 Å². The number of aromatic nitrogens is 4. The fraction of sp³-hybridized carbons (Fsp3) is 0. The molecule has 5 nitrogen and oxygen atoms in total. The minimum absolute atomic E-state index is 0.135. The lowest BCUT2D eigenvalue weighted by molar-refractivity contribution is 0.480. The summed E-state index contributed by atoms with van der Waals surface area (Å²) in [6.07, 6.45) is 3.43. The molecule has 0 saturated carbocycles. The van der Waals surface area contributed by atoms with E-state index >= 15 is 0 Å². The summed E-state index contributed by atoms with van der Waals surface area (Å²) in [5.41, 5.74) is 2.10. The molecule has 0 aliphatic heterocycles. The van der Waals surface area contributed by atoms with Gasteiger partial charge in [0.25, 0.3) is 0 Å². The number of H-pyrrole nitrogens is 1. The van der Waals surface area contributed by atoms with E-state index in [1.807, 2.05) is 6.07 Å². The summed E-state index contributed by atoms with van der Waals surface area (Å²) in [6.45, 7) is 0. The predicted molar refractivity (Wildman–Crippen MR) is 66.5 cm³/mol. The SMILES string of the molecule is Oc1cccc2c(-c3cn[nH]c3)nc(Br)nc12. The molecule has 2 aromatic heterocycles. The molecule has 0 radical (unpaired) electrons. The highest BCUT2D eigenvalue weighted by Gasteiger charge is 2.11. The maximum atomic E-state index is 9.78. The molecule has 0 atom stereocenters. The number of nitrogens with zero attached hydrogens (tertiary/aromatic N) is 3. The second-order valence-corrected chi connectivity index (χ2v) is 4.21. The van der Waals surface area contributed by atoms with Gasteiger partial charge in [-0.05, 0) is 22.0 Å². The minimum atomic E-state index is 0.135. The van der Waals surface area contributed by atoms with Gasteiger partial charge in [-0.2, -0.15) is 5.10 Å². The van der Waals surface area contributed by atoms with Crippen LogP contribution in [0, 0.1) is 0 Å². The number of phenolic OH excluding ortho intramolecular Hbond substituents is 1. The molecular weight excluding hydrogens is 284 g/mol. The molecule has 0 saturated heterocycles. The van der Waals surface area contributed by atoms with Crippen molar-refractivity contribution in [1.82, 2.24) is 20.2 Å². The van der Waals surface area contributed by atoms with E-state index in [1.54, 1.807) is 24.5 Å². The Morgan fingerprint density at radius 1 is 1.24 bits per heavy atom. The third-order valence-electron chi connectivity index (χ3n) is 2.45. The first-order valence-corrected chi connectivity index (χ1v) is 5.69. The molecule has 2 N–H and O–H groups in total. The number of hydrogen-bond donors (Lipinski definition) is 2. The van der Waals surface area contributed by atoms with Gasteiger partial charge in [0, 0.05) is 17.1 Å². The fourth-order valence-electron chi connectivity index (χ4n) is 1.71. The van der Waals surface area contributed by atoms with Gasteiger partial charge < -0.3 is 5.11 Å². The molecule has 17 heavy (non-hydrogen) atoms. The van der Waals surface area contributed by atoms with Crippen LogP contribution in [0.1, 0.15) is 0 Å². The summed E-state index contributed by atoms with van der Waals surface area (Å²) in [5.74, 6) is 0.135. The number of halogens is 1. The zero-order valence-corrected chi connectivity index (χ0v) is 10.1. The van der Waals surface area contributed by atoms with E-state index < -0.39 is 0 Å². The zero-order valence-electron chi connectivity index (χ0n) is 8.55. The Morgan fingerprint density at radius 2 is 2.12 bits per heavy atom. The van der Waals surface area contributed by atoms with Crippen molar-refractivity contribution in [2.24, 2.45) is 0 Å². The van der Waals surface area contributed by atoms with Crippen LogP contribution in [0.3, 0.4) is 0 Å². The number of phenols is 1. The van der Waals surface area contributed by atoms with Gasteiger partial charge in [-0.1, -0.05) is 12.1 Å². The van der Waals surface area contributed by atoms with Crippen molar-refractivity contribution in [3.05, 3.63) is 35.3 Å². The molecule has 3 aromatic rings. The number of nitrogens with one attached hydrogen (secondary N) is 1. The van der Waals surface area contributed by atoms with Gasteiger partial charge in [0.15, 0.2) is 4.73 Å². The van der Waals surface area contributed by atoms with Crippen molar-refractivity contribution < 1.29 is 5.11 Å². The zero-order chi connectivity index (χ0) is 11.8. The van der Waals surface area contributed by atoms with Gasteiger partial charge in [-0.25, -0.2) is 9.97 Å². The topological polar surface area (TPSA) is 74.7 Å². The molecule has 84 valence electrons. The molecule has 0 unspecified atom stereocenters. The average molecular weight is 291 g/mol. The molecule has 6 heteroatoms. The monoisotopic (exact) mass is 290 g/mol. The average Bonchev–Trinajstić information content (AvgIpc) is 2.83. The molecule has 3 rings (SSSR count). The smallest absolute Gasteiger partial charge is 0.197 e.